The van der Waals surface area contributed by atoms with Crippen LogP contribution in [0.5, 0.6) is 0 Å². The van der Waals surface area contributed by atoms with E-state index >= 15 is 0 Å². The molecular formula is C19H29N3O3S. The van der Waals surface area contributed by atoms with Gasteiger partial charge in [-0.2, -0.15) is 0 Å². The molecule has 0 radical (unpaired) electrons. The van der Waals surface area contributed by atoms with Crippen LogP contribution in [-0.2, 0) is 14.9 Å². The summed E-state index contributed by atoms with van der Waals surface area (Å²) in [6, 6.07) is 0.242. The number of aromatic nitrogens is 1. The zero-order valence-electron chi connectivity index (χ0n) is 16.0. The number of amides is 1. The Bertz CT molecular complexity index is 681. The van der Waals surface area contributed by atoms with Crippen molar-refractivity contribution in [3.05, 3.63) is 10.6 Å². The van der Waals surface area contributed by atoms with Crippen molar-refractivity contribution >= 4 is 28.3 Å². The van der Waals surface area contributed by atoms with Gasteiger partial charge >= 0.3 is 5.97 Å². The number of nitrogens with two attached hydrogens (primary N) is 1. The summed E-state index contributed by atoms with van der Waals surface area (Å²) in [4.78, 5) is 29.9. The number of hydrogen-bond acceptors (Lipinski definition) is 6. The van der Waals surface area contributed by atoms with Crippen molar-refractivity contribution in [1.29, 1.82) is 0 Å². The van der Waals surface area contributed by atoms with E-state index in [1.54, 1.807) is 0 Å². The average Bonchev–Trinajstić information content (AvgIpc) is 2.98. The highest BCUT2D eigenvalue weighted by molar-refractivity contribution is 7.17. The summed E-state index contributed by atoms with van der Waals surface area (Å²) in [6.07, 6.45) is 5.18. The Morgan fingerprint density at radius 3 is 2.38 bits per heavy atom. The Kier molecular flexibility index (Phi) is 5.40. The maximum absolute atomic E-state index is 12.8. The van der Waals surface area contributed by atoms with Crippen molar-refractivity contribution in [3.8, 4) is 0 Å². The van der Waals surface area contributed by atoms with Gasteiger partial charge in [-0.25, -0.2) is 9.78 Å². The minimum atomic E-state index is -0.411. The molecule has 2 atom stereocenters. The van der Waals surface area contributed by atoms with Crippen molar-refractivity contribution in [2.75, 3.05) is 12.4 Å². The van der Waals surface area contributed by atoms with Crippen LogP contribution in [0, 0.1) is 17.8 Å². The first kappa shape index (κ1) is 19.3. The zero-order valence-corrected chi connectivity index (χ0v) is 16.8. The number of carbonyl (C=O) groups is 2. The number of esters is 1. The van der Waals surface area contributed by atoms with Gasteiger partial charge in [-0.1, -0.05) is 38.5 Å². The molecule has 2 saturated carbocycles. The molecule has 0 saturated heterocycles. The van der Waals surface area contributed by atoms with Crippen LogP contribution in [0.2, 0.25) is 0 Å². The largest absolute Gasteiger partial charge is 0.465 e. The lowest BCUT2D eigenvalue weighted by Gasteiger charge is -2.43. The monoisotopic (exact) mass is 379 g/mol. The summed E-state index contributed by atoms with van der Waals surface area (Å²) < 4.78 is 4.87. The van der Waals surface area contributed by atoms with E-state index in [1.165, 1.54) is 24.9 Å². The molecule has 2 fully saturated rings. The molecule has 2 unspecified atom stereocenters. The predicted octanol–water partition coefficient (Wildman–Crippen LogP) is 3.32. The van der Waals surface area contributed by atoms with E-state index in [0.717, 1.165) is 25.7 Å². The molecule has 7 heteroatoms. The molecule has 26 heavy (non-hydrogen) atoms. The van der Waals surface area contributed by atoms with Crippen molar-refractivity contribution < 1.29 is 14.3 Å². The van der Waals surface area contributed by atoms with Crippen LogP contribution in [0.1, 0.15) is 68.2 Å². The Morgan fingerprint density at radius 1 is 1.23 bits per heavy atom. The number of rotatable bonds is 3. The smallest absolute Gasteiger partial charge is 0.350 e. The first-order valence-corrected chi connectivity index (χ1v) is 10.2. The number of carbonyl (C=O) groups excluding carboxylic acids is 2. The number of thiazole rings is 1. The van der Waals surface area contributed by atoms with E-state index in [2.05, 4.69) is 10.3 Å². The lowest BCUT2D eigenvalue weighted by molar-refractivity contribution is -0.122. The lowest BCUT2D eigenvalue weighted by Crippen LogP contribution is -2.48. The van der Waals surface area contributed by atoms with Crippen LogP contribution in [0.4, 0.5) is 5.13 Å². The number of nitrogens with zero attached hydrogens (tertiary/aromatic N) is 1. The molecule has 3 N–H and O–H groups in total. The van der Waals surface area contributed by atoms with Crippen LogP contribution in [0.3, 0.4) is 0 Å². The molecule has 6 nitrogen and oxygen atoms in total. The van der Waals surface area contributed by atoms with E-state index < -0.39 is 5.97 Å². The number of ether oxygens (including phenoxy) is 1. The molecule has 2 bridgehead atoms. The quantitative estimate of drug-likeness (QED) is 0.786. The molecule has 2 aliphatic rings. The second-order valence-electron chi connectivity index (χ2n) is 8.62. The maximum Gasteiger partial charge on any atom is 0.350 e. The van der Waals surface area contributed by atoms with E-state index in [1.807, 2.05) is 20.8 Å². The Labute approximate surface area is 158 Å². The molecule has 1 aromatic heterocycles. The van der Waals surface area contributed by atoms with Gasteiger partial charge in [0.25, 0.3) is 0 Å². The minimum Gasteiger partial charge on any atom is -0.465 e. The van der Waals surface area contributed by atoms with Crippen LogP contribution in [0.25, 0.3) is 0 Å². The molecule has 1 aromatic rings. The molecule has 1 amide bonds. The summed E-state index contributed by atoms with van der Waals surface area (Å²) in [5, 5.41) is 3.42. The van der Waals surface area contributed by atoms with Gasteiger partial charge in [0.15, 0.2) is 5.13 Å². The standard InChI is InChI=1S/C19H29N3O3S/c1-19(2,3)15-14(17(24)25-4)26-18(21-15)22-16(23)12-8-10-6-5-7-11(9-12)13(10)20/h10-13H,5-9,20H2,1-4H3,(H,21,22,23). The van der Waals surface area contributed by atoms with Crippen LogP contribution in [-0.4, -0.2) is 30.0 Å². The molecule has 3 rings (SSSR count). The predicted molar refractivity (Wildman–Crippen MR) is 102 cm³/mol. The number of methoxy groups -OCH3 is 1. The van der Waals surface area contributed by atoms with Gasteiger partial charge in [-0.15, -0.1) is 0 Å². The van der Waals surface area contributed by atoms with Gasteiger partial charge in [0.1, 0.15) is 4.88 Å². The van der Waals surface area contributed by atoms with Crippen LogP contribution >= 0.6 is 11.3 Å². The Balaban J connectivity index is 1.75. The maximum atomic E-state index is 12.8. The second-order valence-corrected chi connectivity index (χ2v) is 9.62. The van der Waals surface area contributed by atoms with Gasteiger partial charge in [-0.3, -0.25) is 4.79 Å². The SMILES string of the molecule is COC(=O)c1sc(NC(=O)C2CC3CCCC(C2)C3N)nc1C(C)(C)C. The van der Waals surface area contributed by atoms with E-state index in [0.29, 0.717) is 27.5 Å². The van der Waals surface area contributed by atoms with Crippen molar-refractivity contribution in [1.82, 2.24) is 4.98 Å². The van der Waals surface area contributed by atoms with Crippen LogP contribution < -0.4 is 11.1 Å². The average molecular weight is 380 g/mol. The third kappa shape index (κ3) is 3.78. The molecule has 1 heterocycles. The third-order valence-corrected chi connectivity index (χ3v) is 6.67. The van der Waals surface area contributed by atoms with Gasteiger partial charge < -0.3 is 15.8 Å². The van der Waals surface area contributed by atoms with Gasteiger partial charge in [0, 0.05) is 17.4 Å². The number of nitrogens with one attached hydrogen (secondary N) is 1. The third-order valence-electron chi connectivity index (χ3n) is 5.72. The summed E-state index contributed by atoms with van der Waals surface area (Å²) >= 11 is 1.19. The van der Waals surface area contributed by atoms with Crippen molar-refractivity contribution in [2.45, 2.75) is 64.3 Å². The van der Waals surface area contributed by atoms with Gasteiger partial charge in [0.05, 0.1) is 12.8 Å². The highest BCUT2D eigenvalue weighted by atomic mass is 32.1. The van der Waals surface area contributed by atoms with Gasteiger partial charge in [0.2, 0.25) is 5.91 Å². The Morgan fingerprint density at radius 2 is 1.85 bits per heavy atom. The first-order chi connectivity index (χ1) is 12.2. The highest BCUT2D eigenvalue weighted by Crippen LogP contribution is 2.42. The molecule has 2 aliphatic carbocycles. The molecule has 0 aliphatic heterocycles. The fourth-order valence-electron chi connectivity index (χ4n) is 4.32. The number of anilines is 1. The molecule has 144 valence electrons. The lowest BCUT2D eigenvalue weighted by atomic mass is 9.65. The zero-order chi connectivity index (χ0) is 19.1. The summed E-state index contributed by atoms with van der Waals surface area (Å²) in [5.41, 5.74) is 6.68. The van der Waals surface area contributed by atoms with Crippen molar-refractivity contribution in [3.63, 3.8) is 0 Å². The fourth-order valence-corrected chi connectivity index (χ4v) is 5.42. The summed E-state index contributed by atoms with van der Waals surface area (Å²) in [7, 11) is 1.36. The number of fused-ring (bicyclic) bond motifs is 2. The van der Waals surface area contributed by atoms with Gasteiger partial charge in [-0.05, 0) is 37.5 Å². The van der Waals surface area contributed by atoms with Crippen molar-refractivity contribution in [2.24, 2.45) is 23.5 Å². The second kappa shape index (κ2) is 7.27. The number of hydrogen-bond donors (Lipinski definition) is 2. The Hall–Kier alpha value is -1.47. The molecular weight excluding hydrogens is 350 g/mol. The van der Waals surface area contributed by atoms with E-state index in [9.17, 15) is 9.59 Å². The fraction of sp³-hybridized carbons (Fsp3) is 0.737. The first-order valence-electron chi connectivity index (χ1n) is 9.36. The van der Waals surface area contributed by atoms with E-state index in [4.69, 9.17) is 10.5 Å². The van der Waals surface area contributed by atoms with E-state index in [-0.39, 0.29) is 23.3 Å². The molecule has 0 spiro atoms. The minimum absolute atomic E-state index is 0.000532. The summed E-state index contributed by atoms with van der Waals surface area (Å²) in [6.45, 7) is 5.97. The summed E-state index contributed by atoms with van der Waals surface area (Å²) in [5.74, 6) is 0.467. The highest BCUT2D eigenvalue weighted by Gasteiger charge is 2.40. The van der Waals surface area contributed by atoms with Crippen LogP contribution in [0.15, 0.2) is 0 Å². The normalized spacial score (nSPS) is 28.5. The molecule has 0 aromatic carbocycles. The topological polar surface area (TPSA) is 94.3 Å².